The van der Waals surface area contributed by atoms with Gasteiger partial charge in [0.25, 0.3) is 0 Å². The molecule has 0 heterocycles. The van der Waals surface area contributed by atoms with Gasteiger partial charge in [-0.05, 0) is 103 Å². The largest absolute Gasteiger partial charge is 0.496 e. The maximum absolute atomic E-state index is 14.9. The van der Waals surface area contributed by atoms with Crippen molar-refractivity contribution < 1.29 is 57.8 Å². The van der Waals surface area contributed by atoms with Crippen LogP contribution in [0.4, 0.5) is 0 Å². The Morgan fingerprint density at radius 2 is 0.803 bits per heavy atom. The lowest BCUT2D eigenvalue weighted by Crippen LogP contribution is -2.52. The number of hydrogen-bond acceptors (Lipinski definition) is 10. The molecule has 8 atom stereocenters. The van der Waals surface area contributed by atoms with Gasteiger partial charge in [0, 0.05) is 35.0 Å². The summed E-state index contributed by atoms with van der Waals surface area (Å²) in [5.74, 6) is -8.52. The van der Waals surface area contributed by atoms with E-state index in [1.807, 2.05) is 78.9 Å². The van der Waals surface area contributed by atoms with Crippen LogP contribution < -0.4 is 23.7 Å². The molecule has 0 amide bonds. The first-order chi connectivity index (χ1) is 37.1. The number of fused-ring (bicyclic) bond motifs is 4. The lowest BCUT2D eigenvalue weighted by molar-refractivity contribution is -0.165. The fourth-order valence-electron chi connectivity index (χ4n) is 12.6. The third-order valence-corrected chi connectivity index (χ3v) is 16.0. The number of carboxylic acid groups (broad SMARTS) is 2. The molecular weight excluding hydrogens is 961 g/mol. The molecule has 2 N–H and O–H groups in total. The van der Waals surface area contributed by atoms with Crippen LogP contribution in [0.15, 0.2) is 176 Å². The highest BCUT2D eigenvalue weighted by molar-refractivity contribution is 5.95. The summed E-state index contributed by atoms with van der Waals surface area (Å²) in [5.41, 5.74) is 8.09. The standard InChI is InChI=1S/C64H54O12/c1-71-48-24-12-9-21-43(48)53-58(62(67)68)56(59(53)63(69)75-34-47-41-19-7-5-17-39(41)40-18-6-8-20-42(40)47)46-33-36(29-31-51(46)74-4)35-28-30-38-37(32-35)16-15-27-52(38)76-64(70)60-54(44-22-10-13-25-49(44)72-2)57(61(65)66)55(60)45-23-11-14-26-50(45)73-3/h5-33,47,53-60H,34H2,1-4H3,(H,65,66)(H,67,68)/t53-,54-,55?,56?,57?,58+,59+,60?/m0/s1. The Hall–Kier alpha value is -8.90. The first kappa shape index (κ1) is 49.3. The van der Waals surface area contributed by atoms with Gasteiger partial charge in [-0.2, -0.15) is 0 Å². The van der Waals surface area contributed by atoms with Gasteiger partial charge in [0.15, 0.2) is 0 Å². The van der Waals surface area contributed by atoms with Crippen molar-refractivity contribution in [3.63, 3.8) is 0 Å². The topological polar surface area (TPSA) is 164 Å². The van der Waals surface area contributed by atoms with Gasteiger partial charge < -0.3 is 38.6 Å². The minimum Gasteiger partial charge on any atom is -0.496 e. The second kappa shape index (κ2) is 20.4. The van der Waals surface area contributed by atoms with Gasteiger partial charge in [-0.3, -0.25) is 19.2 Å². The van der Waals surface area contributed by atoms with Crippen LogP contribution in [-0.2, 0) is 23.9 Å². The maximum atomic E-state index is 14.9. The normalized spacial score (nSPS) is 21.2. The molecule has 4 unspecified atom stereocenters. The van der Waals surface area contributed by atoms with Crippen molar-refractivity contribution in [2.75, 3.05) is 35.0 Å². The SMILES string of the molecule is COc1ccccc1C1C(C(=O)O)[C@H](c2ccccc2OC)C1C(=O)Oc1cccc2cc(-c3ccc(OC)c(C4[C@H](C(=O)O)[C@H](c5ccccc5OC)[C@H]4C(=O)OCC4c5ccccc5-c5ccccc54)c3)ccc12. The highest BCUT2D eigenvalue weighted by atomic mass is 16.5. The molecule has 0 aromatic heterocycles. The minimum absolute atomic E-state index is 0.0618. The van der Waals surface area contributed by atoms with Gasteiger partial charge in [0.05, 0.1) is 52.1 Å². The van der Waals surface area contributed by atoms with Crippen molar-refractivity contribution in [3.8, 4) is 51.0 Å². The molecule has 8 aromatic rings. The fraction of sp³-hybridized carbons (Fsp3) is 0.219. The van der Waals surface area contributed by atoms with Crippen molar-refractivity contribution in [2.24, 2.45) is 23.7 Å². The Morgan fingerprint density at radius 3 is 1.30 bits per heavy atom. The average Bonchev–Trinajstić information content (AvgIpc) is 3.89. The molecule has 0 bridgehead atoms. The van der Waals surface area contributed by atoms with E-state index in [9.17, 15) is 29.4 Å². The van der Waals surface area contributed by atoms with E-state index in [2.05, 4.69) is 24.3 Å². The smallest absolute Gasteiger partial charge is 0.315 e. The third-order valence-electron chi connectivity index (χ3n) is 16.0. The summed E-state index contributed by atoms with van der Waals surface area (Å²) < 4.78 is 35.8. The summed E-state index contributed by atoms with van der Waals surface area (Å²) in [6, 6.07) is 54.3. The molecule has 76 heavy (non-hydrogen) atoms. The predicted molar refractivity (Wildman–Crippen MR) is 285 cm³/mol. The first-order valence-electron chi connectivity index (χ1n) is 25.2. The zero-order chi connectivity index (χ0) is 52.8. The van der Waals surface area contributed by atoms with E-state index in [0.29, 0.717) is 50.6 Å². The Bertz CT molecular complexity index is 3460. The number of hydrogen-bond donors (Lipinski definition) is 2. The second-order valence-corrected chi connectivity index (χ2v) is 19.5. The predicted octanol–water partition coefficient (Wildman–Crippen LogP) is 11.9. The van der Waals surface area contributed by atoms with E-state index in [1.54, 1.807) is 72.8 Å². The molecule has 3 aliphatic rings. The number of carbonyl (C=O) groups is 4. The van der Waals surface area contributed by atoms with Gasteiger partial charge in [0.2, 0.25) is 0 Å². The quantitative estimate of drug-likeness (QED) is 0.0696. The number of benzene rings is 8. The van der Waals surface area contributed by atoms with Crippen LogP contribution in [0.1, 0.15) is 63.0 Å². The van der Waals surface area contributed by atoms with Crippen molar-refractivity contribution in [1.29, 1.82) is 0 Å². The molecule has 0 aliphatic heterocycles. The molecule has 0 saturated heterocycles. The zero-order valence-corrected chi connectivity index (χ0v) is 42.1. The van der Waals surface area contributed by atoms with Crippen LogP contribution in [0.25, 0.3) is 33.0 Å². The van der Waals surface area contributed by atoms with Gasteiger partial charge in [-0.25, -0.2) is 0 Å². The maximum Gasteiger partial charge on any atom is 0.315 e. The monoisotopic (exact) mass is 1010 g/mol. The average molecular weight is 1020 g/mol. The number of ether oxygens (including phenoxy) is 6. The van der Waals surface area contributed by atoms with E-state index < -0.39 is 71.2 Å². The summed E-state index contributed by atoms with van der Waals surface area (Å²) in [6.07, 6.45) is 0. The number of para-hydroxylation sites is 3. The molecule has 0 spiro atoms. The molecule has 3 aliphatic carbocycles. The molecule has 0 radical (unpaired) electrons. The summed E-state index contributed by atoms with van der Waals surface area (Å²) >= 11 is 0. The van der Waals surface area contributed by atoms with Crippen molar-refractivity contribution in [3.05, 3.63) is 209 Å². The Labute approximate surface area is 439 Å². The number of aliphatic carboxylic acids is 2. The van der Waals surface area contributed by atoms with Crippen LogP contribution in [0.2, 0.25) is 0 Å². The van der Waals surface area contributed by atoms with Crippen LogP contribution in [-0.4, -0.2) is 69.1 Å². The highest BCUT2D eigenvalue weighted by Gasteiger charge is 2.62. The second-order valence-electron chi connectivity index (χ2n) is 19.5. The van der Waals surface area contributed by atoms with Gasteiger partial charge >= 0.3 is 23.9 Å². The van der Waals surface area contributed by atoms with Crippen molar-refractivity contribution in [2.45, 2.75) is 29.6 Å². The van der Waals surface area contributed by atoms with E-state index in [1.165, 1.54) is 28.4 Å². The Morgan fingerprint density at radius 1 is 0.395 bits per heavy atom. The first-order valence-corrected chi connectivity index (χ1v) is 25.2. The molecule has 8 aromatic carbocycles. The number of esters is 2. The highest BCUT2D eigenvalue weighted by Crippen LogP contribution is 2.63. The molecule has 2 saturated carbocycles. The van der Waals surface area contributed by atoms with Crippen molar-refractivity contribution >= 4 is 34.6 Å². The van der Waals surface area contributed by atoms with Crippen LogP contribution in [0.5, 0.6) is 28.7 Å². The van der Waals surface area contributed by atoms with Crippen molar-refractivity contribution in [1.82, 2.24) is 0 Å². The summed E-state index contributed by atoms with van der Waals surface area (Å²) in [5, 5.41) is 23.2. The third kappa shape index (κ3) is 8.34. The van der Waals surface area contributed by atoms with Crippen LogP contribution in [0.3, 0.4) is 0 Å². The Kier molecular flexibility index (Phi) is 13.3. The number of methoxy groups -OCH3 is 4. The van der Waals surface area contributed by atoms with E-state index in [-0.39, 0.29) is 18.3 Å². The van der Waals surface area contributed by atoms with Gasteiger partial charge in [-0.15, -0.1) is 0 Å². The number of carboxylic acids is 2. The molecule has 11 rings (SSSR count). The lowest BCUT2D eigenvalue weighted by Gasteiger charge is -2.49. The molecule has 12 heteroatoms. The molecular formula is C64H54O12. The van der Waals surface area contributed by atoms with Crippen LogP contribution >= 0.6 is 0 Å². The fourth-order valence-corrected chi connectivity index (χ4v) is 12.6. The van der Waals surface area contributed by atoms with Gasteiger partial charge in [0.1, 0.15) is 35.4 Å². The summed E-state index contributed by atoms with van der Waals surface area (Å²) in [6.45, 7) is 0.0618. The molecule has 382 valence electrons. The summed E-state index contributed by atoms with van der Waals surface area (Å²) in [4.78, 5) is 56.5. The van der Waals surface area contributed by atoms with E-state index in [4.69, 9.17) is 28.4 Å². The summed E-state index contributed by atoms with van der Waals surface area (Å²) in [7, 11) is 6.07. The minimum atomic E-state index is -1.08. The molecule has 12 nitrogen and oxygen atoms in total. The lowest BCUT2D eigenvalue weighted by atomic mass is 9.52. The Balaban J connectivity index is 0.931. The zero-order valence-electron chi connectivity index (χ0n) is 42.1. The number of carbonyl (C=O) groups excluding carboxylic acids is 2. The van der Waals surface area contributed by atoms with Crippen LogP contribution in [0, 0.1) is 23.7 Å². The van der Waals surface area contributed by atoms with E-state index in [0.717, 1.165) is 38.8 Å². The van der Waals surface area contributed by atoms with E-state index >= 15 is 0 Å². The van der Waals surface area contributed by atoms with Gasteiger partial charge in [-0.1, -0.05) is 133 Å². The molecule has 2 fully saturated rings. The number of rotatable bonds is 16.